The number of imidazole rings is 1. The maximum Gasteiger partial charge on any atom is 0.328 e. The summed E-state index contributed by atoms with van der Waals surface area (Å²) in [4.78, 5) is 7.15. The first-order valence-corrected chi connectivity index (χ1v) is 6.32. The average Bonchev–Trinajstić information content (AvgIpc) is 3.01. The van der Waals surface area contributed by atoms with E-state index in [1.54, 1.807) is 0 Å². The second kappa shape index (κ2) is 5.05. The van der Waals surface area contributed by atoms with Gasteiger partial charge < -0.3 is 25.8 Å². The van der Waals surface area contributed by atoms with Crippen molar-refractivity contribution in [2.24, 2.45) is 0 Å². The number of nitrogens with two attached hydrogens (primary N) is 1. The molecule has 0 bridgehead atoms. The molecule has 1 aliphatic heterocycles. The normalized spacial score (nSPS) is 27.6. The number of alkyl halides is 1. The third-order valence-electron chi connectivity index (χ3n) is 3.71. The van der Waals surface area contributed by atoms with Crippen molar-refractivity contribution in [3.63, 3.8) is 0 Å². The number of fused-ring (bicyclic) bond motifs is 1. The zero-order valence-electron chi connectivity index (χ0n) is 11.1. The molecule has 120 valence electrons. The van der Waals surface area contributed by atoms with E-state index in [0.717, 1.165) is 10.7 Å². The van der Waals surface area contributed by atoms with E-state index in [-0.39, 0.29) is 17.2 Å². The van der Waals surface area contributed by atoms with Crippen molar-refractivity contribution in [1.29, 1.82) is 0 Å². The van der Waals surface area contributed by atoms with E-state index in [1.807, 2.05) is 0 Å². The molecule has 0 aromatic carbocycles. The summed E-state index contributed by atoms with van der Waals surface area (Å²) in [5.74, 6) is -0.247. The van der Waals surface area contributed by atoms with E-state index in [1.165, 1.54) is 0 Å². The highest BCUT2D eigenvalue weighted by molar-refractivity contribution is 5.59. The highest BCUT2D eigenvalue weighted by atomic mass is 19.1. The second-order valence-electron chi connectivity index (χ2n) is 4.99. The van der Waals surface area contributed by atoms with Crippen LogP contribution in [0.3, 0.4) is 0 Å². The van der Waals surface area contributed by atoms with Gasteiger partial charge in [0.15, 0.2) is 17.6 Å². The predicted octanol–water partition coefficient (Wildman–Crippen LogP) is -1.66. The molecular weight excluding hydrogens is 304 g/mol. The number of hydrogen-bond donors (Lipinski definition) is 4. The van der Waals surface area contributed by atoms with Crippen LogP contribution in [0.1, 0.15) is 11.8 Å². The number of anilines is 1. The molecule has 2 aromatic rings. The number of halogens is 2. The summed E-state index contributed by atoms with van der Waals surface area (Å²) >= 11 is 0. The fraction of sp³-hybridized carbons (Fsp3) is 0.545. The van der Waals surface area contributed by atoms with Crippen molar-refractivity contribution < 1.29 is 28.8 Å². The van der Waals surface area contributed by atoms with Crippen LogP contribution in [-0.4, -0.2) is 66.0 Å². The number of aliphatic hydroxyl groups excluding tert-OH is 3. The van der Waals surface area contributed by atoms with Crippen molar-refractivity contribution in [3.05, 3.63) is 18.0 Å². The van der Waals surface area contributed by atoms with Gasteiger partial charge in [-0.05, 0) is 0 Å². The number of nitrogen functional groups attached to an aromatic ring is 1. The monoisotopic (exact) mass is 317 g/mol. The number of aromatic nitrogens is 4. The van der Waals surface area contributed by atoms with Crippen LogP contribution in [0.5, 0.6) is 0 Å². The lowest BCUT2D eigenvalue weighted by Gasteiger charge is -2.27. The summed E-state index contributed by atoms with van der Waals surface area (Å²) in [6.45, 7) is -1.60. The Morgan fingerprint density at radius 1 is 1.41 bits per heavy atom. The highest BCUT2D eigenvalue weighted by Gasteiger charge is 2.56. The zero-order chi connectivity index (χ0) is 16.1. The van der Waals surface area contributed by atoms with Gasteiger partial charge >= 0.3 is 6.08 Å². The molecule has 11 heteroatoms. The quantitative estimate of drug-likeness (QED) is 0.527. The number of ether oxygens (including phenoxy) is 1. The Kier molecular flexibility index (Phi) is 3.44. The summed E-state index contributed by atoms with van der Waals surface area (Å²) in [5.41, 5.74) is 3.59. The van der Waals surface area contributed by atoms with Crippen LogP contribution >= 0.6 is 0 Å². The van der Waals surface area contributed by atoms with Crippen LogP contribution in [0.15, 0.2) is 6.20 Å². The molecule has 3 unspecified atom stereocenters. The molecule has 3 heterocycles. The SMILES string of the molecule is Nc1nc(F)nn2c(C3OC(CO)(CO)C(O)C3F)cnc12. The molecule has 5 N–H and O–H groups in total. The van der Waals surface area contributed by atoms with Crippen molar-refractivity contribution in [3.8, 4) is 0 Å². The highest BCUT2D eigenvalue weighted by Crippen LogP contribution is 2.41. The Bertz CT molecular complexity index is 707. The lowest BCUT2D eigenvalue weighted by Crippen LogP contribution is -2.48. The maximum atomic E-state index is 14.3. The molecule has 0 saturated carbocycles. The molecule has 1 aliphatic rings. The van der Waals surface area contributed by atoms with Gasteiger partial charge in [-0.15, -0.1) is 5.10 Å². The fourth-order valence-corrected chi connectivity index (χ4v) is 2.47. The molecule has 2 aromatic heterocycles. The van der Waals surface area contributed by atoms with Gasteiger partial charge in [0.25, 0.3) is 0 Å². The molecule has 3 atom stereocenters. The number of nitrogens with zero attached hydrogens (tertiary/aromatic N) is 4. The molecule has 0 spiro atoms. The summed E-state index contributed by atoms with van der Waals surface area (Å²) in [5, 5.41) is 31.9. The molecule has 0 aliphatic carbocycles. The van der Waals surface area contributed by atoms with E-state index in [2.05, 4.69) is 15.1 Å². The third kappa shape index (κ3) is 1.94. The van der Waals surface area contributed by atoms with Crippen molar-refractivity contribution in [1.82, 2.24) is 19.6 Å². The largest absolute Gasteiger partial charge is 0.393 e. The van der Waals surface area contributed by atoms with Gasteiger partial charge in [0.1, 0.15) is 17.8 Å². The first-order valence-electron chi connectivity index (χ1n) is 6.32. The molecule has 22 heavy (non-hydrogen) atoms. The van der Waals surface area contributed by atoms with Crippen molar-refractivity contribution >= 4 is 11.5 Å². The Hall–Kier alpha value is -1.95. The Morgan fingerprint density at radius 2 is 2.09 bits per heavy atom. The molecule has 0 amide bonds. The summed E-state index contributed by atoms with van der Waals surface area (Å²) in [6, 6.07) is 0. The predicted molar refractivity (Wildman–Crippen MR) is 66.8 cm³/mol. The first-order chi connectivity index (χ1) is 10.4. The fourth-order valence-electron chi connectivity index (χ4n) is 2.47. The summed E-state index contributed by atoms with van der Waals surface area (Å²) in [7, 11) is 0. The summed E-state index contributed by atoms with van der Waals surface area (Å²) < 4.78 is 33.8. The zero-order valence-corrected chi connectivity index (χ0v) is 11.1. The smallest absolute Gasteiger partial charge is 0.328 e. The van der Waals surface area contributed by atoms with Crippen LogP contribution in [0, 0.1) is 6.08 Å². The van der Waals surface area contributed by atoms with Crippen LogP contribution in [0.25, 0.3) is 5.65 Å². The lowest BCUT2D eigenvalue weighted by atomic mass is 9.96. The minimum absolute atomic E-state index is 0.00723. The van der Waals surface area contributed by atoms with E-state index >= 15 is 0 Å². The lowest BCUT2D eigenvalue weighted by molar-refractivity contribution is -0.137. The molecule has 1 fully saturated rings. The van der Waals surface area contributed by atoms with E-state index in [0.29, 0.717) is 0 Å². The van der Waals surface area contributed by atoms with E-state index in [9.17, 15) is 24.1 Å². The van der Waals surface area contributed by atoms with Gasteiger partial charge in [0.05, 0.1) is 25.1 Å². The standard InChI is InChI=1S/C11H13F2N5O4/c12-5-6(22-11(2-19,3-20)7(5)21)4-1-15-9-8(14)16-10(13)17-18(4)9/h1,5-7,19-21H,2-3H2,(H2,14,16,17). The van der Waals surface area contributed by atoms with Gasteiger partial charge in [-0.3, -0.25) is 0 Å². The first kappa shape index (κ1) is 15.0. The third-order valence-corrected chi connectivity index (χ3v) is 3.71. The minimum Gasteiger partial charge on any atom is -0.393 e. The van der Waals surface area contributed by atoms with Gasteiger partial charge in [0.2, 0.25) is 0 Å². The van der Waals surface area contributed by atoms with Crippen LogP contribution in [-0.2, 0) is 4.74 Å². The number of aliphatic hydroxyl groups is 3. The Balaban J connectivity index is 2.09. The van der Waals surface area contributed by atoms with Gasteiger partial charge in [-0.25, -0.2) is 13.9 Å². The van der Waals surface area contributed by atoms with Gasteiger partial charge in [0, 0.05) is 0 Å². The minimum atomic E-state index is -1.99. The molecule has 3 rings (SSSR count). The van der Waals surface area contributed by atoms with Gasteiger partial charge in [-0.1, -0.05) is 0 Å². The van der Waals surface area contributed by atoms with Crippen LogP contribution in [0.2, 0.25) is 0 Å². The molecule has 0 radical (unpaired) electrons. The summed E-state index contributed by atoms with van der Waals surface area (Å²) in [6.07, 6.45) is -5.18. The molecule has 9 nitrogen and oxygen atoms in total. The van der Waals surface area contributed by atoms with Crippen molar-refractivity contribution in [2.45, 2.75) is 24.0 Å². The van der Waals surface area contributed by atoms with Gasteiger partial charge in [-0.2, -0.15) is 9.37 Å². The Labute approximate surface area is 122 Å². The number of hydrogen-bond acceptors (Lipinski definition) is 8. The van der Waals surface area contributed by atoms with Crippen LogP contribution < -0.4 is 5.73 Å². The van der Waals surface area contributed by atoms with E-state index < -0.39 is 43.3 Å². The molecular formula is C11H13F2N5O4. The maximum absolute atomic E-state index is 14.3. The molecule has 1 saturated heterocycles. The number of rotatable bonds is 3. The van der Waals surface area contributed by atoms with E-state index in [4.69, 9.17) is 10.5 Å². The van der Waals surface area contributed by atoms with Crippen LogP contribution in [0.4, 0.5) is 14.6 Å². The second-order valence-corrected chi connectivity index (χ2v) is 4.99. The average molecular weight is 317 g/mol. The Morgan fingerprint density at radius 3 is 2.68 bits per heavy atom. The topological polar surface area (TPSA) is 139 Å². The van der Waals surface area contributed by atoms with Crippen molar-refractivity contribution in [2.75, 3.05) is 18.9 Å².